The first kappa shape index (κ1) is 19.4. The summed E-state index contributed by atoms with van der Waals surface area (Å²) in [5.41, 5.74) is -10.7. The molecule has 0 spiro atoms. The van der Waals surface area contributed by atoms with Crippen LogP contribution in [-0.2, 0) is 9.47 Å². The van der Waals surface area contributed by atoms with Crippen LogP contribution in [0.5, 0.6) is 0 Å². The van der Waals surface area contributed by atoms with Crippen molar-refractivity contribution in [1.82, 2.24) is 0 Å². The summed E-state index contributed by atoms with van der Waals surface area (Å²) in [4.78, 5) is 0. The molecule has 0 aliphatic heterocycles. The summed E-state index contributed by atoms with van der Waals surface area (Å²) < 4.78 is 132. The number of hydrogen-bond acceptors (Lipinski definition) is 2. The van der Waals surface area contributed by atoms with E-state index in [-0.39, 0.29) is 6.61 Å². The summed E-state index contributed by atoms with van der Waals surface area (Å²) in [7, 11) is 0. The maximum absolute atomic E-state index is 15.1. The second kappa shape index (κ2) is 5.52. The highest BCUT2D eigenvalue weighted by atomic mass is 19.4. The molecular weight excluding hydrogens is 359 g/mol. The zero-order valence-electron chi connectivity index (χ0n) is 12.1. The van der Waals surface area contributed by atoms with E-state index in [4.69, 9.17) is 0 Å². The highest BCUT2D eigenvalue weighted by molar-refractivity contribution is 5.32. The van der Waals surface area contributed by atoms with Crippen LogP contribution < -0.4 is 0 Å². The minimum absolute atomic E-state index is 0.354. The van der Waals surface area contributed by atoms with Crippen molar-refractivity contribution < 1.29 is 49.0 Å². The molecule has 2 aliphatic rings. The Bertz CT molecular complexity index is 497. The zero-order valence-corrected chi connectivity index (χ0v) is 12.1. The molecule has 0 aromatic rings. The van der Waals surface area contributed by atoms with Gasteiger partial charge in [-0.05, 0) is 13.3 Å². The predicted octanol–water partition coefficient (Wildman–Crippen LogP) is 4.41. The SMILES string of the molecule is CCOCOC(C(F)(F)F)(C(F)(F)F)C1(F)C2C=CC(C2)C1(F)F. The van der Waals surface area contributed by atoms with Crippen molar-refractivity contribution in [2.24, 2.45) is 11.8 Å². The molecule has 140 valence electrons. The van der Waals surface area contributed by atoms with Gasteiger partial charge in [0.15, 0.2) is 0 Å². The molecule has 0 saturated heterocycles. The van der Waals surface area contributed by atoms with Gasteiger partial charge in [-0.1, -0.05) is 12.2 Å². The normalized spacial score (nSPS) is 32.6. The second-order valence-corrected chi connectivity index (χ2v) is 5.60. The van der Waals surface area contributed by atoms with Crippen molar-refractivity contribution in [1.29, 1.82) is 0 Å². The summed E-state index contributed by atoms with van der Waals surface area (Å²) in [6.45, 7) is -0.766. The zero-order chi connectivity index (χ0) is 18.6. The van der Waals surface area contributed by atoms with Gasteiger partial charge in [0.05, 0.1) is 0 Å². The number of hydrogen-bond donors (Lipinski definition) is 0. The standard InChI is InChI=1S/C13H13F9O2/c1-2-23-6-24-11(12(17,18)19,13(20,21)22)9(14)7-3-4-8(5-7)10(9,15)16/h3-4,7-8H,2,5-6H2,1H3. The van der Waals surface area contributed by atoms with Gasteiger partial charge in [-0.2, -0.15) is 26.3 Å². The first-order valence-corrected chi connectivity index (χ1v) is 6.87. The smallest absolute Gasteiger partial charge is 0.356 e. The number of ether oxygens (including phenoxy) is 2. The van der Waals surface area contributed by atoms with Crippen LogP contribution in [0.15, 0.2) is 12.2 Å². The minimum Gasteiger partial charge on any atom is -0.356 e. The maximum Gasteiger partial charge on any atom is 0.430 e. The van der Waals surface area contributed by atoms with Crippen LogP contribution in [0.3, 0.4) is 0 Å². The molecule has 2 rings (SSSR count). The minimum atomic E-state index is -6.49. The highest BCUT2D eigenvalue weighted by Crippen LogP contribution is 2.68. The molecule has 0 radical (unpaired) electrons. The topological polar surface area (TPSA) is 18.5 Å². The molecule has 2 aliphatic carbocycles. The number of fused-ring (bicyclic) bond motifs is 2. The van der Waals surface area contributed by atoms with Crippen LogP contribution >= 0.6 is 0 Å². The van der Waals surface area contributed by atoms with Crippen molar-refractivity contribution in [2.75, 3.05) is 13.4 Å². The Kier molecular flexibility index (Phi) is 4.45. The van der Waals surface area contributed by atoms with Gasteiger partial charge in [0.1, 0.15) is 6.79 Å². The molecule has 11 heteroatoms. The number of rotatable bonds is 5. The molecular formula is C13H13F9O2. The van der Waals surface area contributed by atoms with Gasteiger partial charge in [-0.3, -0.25) is 0 Å². The second-order valence-electron chi connectivity index (χ2n) is 5.60. The molecule has 3 unspecified atom stereocenters. The van der Waals surface area contributed by atoms with Gasteiger partial charge in [-0.15, -0.1) is 0 Å². The van der Waals surface area contributed by atoms with Crippen molar-refractivity contribution in [3.63, 3.8) is 0 Å². The molecule has 1 saturated carbocycles. The molecule has 24 heavy (non-hydrogen) atoms. The Morgan fingerprint density at radius 3 is 1.83 bits per heavy atom. The maximum atomic E-state index is 15.1. The van der Waals surface area contributed by atoms with Crippen LogP contribution in [0.2, 0.25) is 0 Å². The van der Waals surface area contributed by atoms with E-state index in [1.807, 2.05) is 0 Å². The Hall–Kier alpha value is -0.970. The fraction of sp³-hybridized carbons (Fsp3) is 0.846. The fourth-order valence-corrected chi connectivity index (χ4v) is 3.33. The third-order valence-corrected chi connectivity index (χ3v) is 4.42. The summed E-state index contributed by atoms with van der Waals surface area (Å²) in [6.07, 6.45) is -12.5. The van der Waals surface area contributed by atoms with E-state index in [1.54, 1.807) is 0 Å². The molecule has 0 aromatic heterocycles. The van der Waals surface area contributed by atoms with Crippen molar-refractivity contribution in [3.05, 3.63) is 12.2 Å². The number of alkyl halides is 9. The van der Waals surface area contributed by atoms with Crippen LogP contribution in [0.4, 0.5) is 39.5 Å². The summed E-state index contributed by atoms with van der Waals surface area (Å²) >= 11 is 0. The van der Waals surface area contributed by atoms with Crippen LogP contribution in [0, 0.1) is 11.8 Å². The Morgan fingerprint density at radius 2 is 1.46 bits per heavy atom. The van der Waals surface area contributed by atoms with E-state index < -0.39 is 54.6 Å². The number of halogens is 9. The molecule has 0 heterocycles. The molecule has 2 nitrogen and oxygen atoms in total. The molecule has 0 amide bonds. The lowest BCUT2D eigenvalue weighted by atomic mass is 9.71. The van der Waals surface area contributed by atoms with E-state index in [1.165, 1.54) is 6.92 Å². The lowest BCUT2D eigenvalue weighted by molar-refractivity contribution is -0.446. The van der Waals surface area contributed by atoms with Crippen molar-refractivity contribution >= 4 is 0 Å². The van der Waals surface area contributed by atoms with Crippen molar-refractivity contribution in [3.8, 4) is 0 Å². The molecule has 2 bridgehead atoms. The fourth-order valence-electron chi connectivity index (χ4n) is 3.33. The van der Waals surface area contributed by atoms with E-state index in [0.29, 0.717) is 6.08 Å². The monoisotopic (exact) mass is 372 g/mol. The van der Waals surface area contributed by atoms with Gasteiger partial charge in [0.25, 0.3) is 5.92 Å². The van der Waals surface area contributed by atoms with E-state index in [9.17, 15) is 35.1 Å². The summed E-state index contributed by atoms with van der Waals surface area (Å²) in [6, 6.07) is 0. The van der Waals surface area contributed by atoms with E-state index in [2.05, 4.69) is 9.47 Å². The summed E-state index contributed by atoms with van der Waals surface area (Å²) in [5.74, 6) is -9.27. The highest BCUT2D eigenvalue weighted by Gasteiger charge is 2.92. The Balaban J connectivity index is 2.67. The first-order chi connectivity index (χ1) is 10.8. The van der Waals surface area contributed by atoms with Gasteiger partial charge in [-0.25, -0.2) is 13.2 Å². The van der Waals surface area contributed by atoms with E-state index in [0.717, 1.165) is 6.08 Å². The van der Waals surface area contributed by atoms with Gasteiger partial charge >= 0.3 is 18.0 Å². The third-order valence-electron chi connectivity index (χ3n) is 4.42. The lowest BCUT2D eigenvalue weighted by Gasteiger charge is -2.49. The largest absolute Gasteiger partial charge is 0.430 e. The van der Waals surface area contributed by atoms with Crippen molar-refractivity contribution in [2.45, 2.75) is 42.9 Å². The number of allylic oxidation sites excluding steroid dienone is 2. The molecule has 0 N–H and O–H groups in total. The van der Waals surface area contributed by atoms with Crippen LogP contribution in [-0.4, -0.2) is 42.9 Å². The molecule has 0 aromatic carbocycles. The van der Waals surface area contributed by atoms with Gasteiger partial charge < -0.3 is 9.47 Å². The first-order valence-electron chi connectivity index (χ1n) is 6.87. The van der Waals surface area contributed by atoms with Crippen LogP contribution in [0.25, 0.3) is 0 Å². The molecule has 3 atom stereocenters. The van der Waals surface area contributed by atoms with Gasteiger partial charge in [0, 0.05) is 18.4 Å². The lowest BCUT2D eigenvalue weighted by Crippen LogP contribution is -2.76. The van der Waals surface area contributed by atoms with Gasteiger partial charge in [0.2, 0.25) is 5.67 Å². The quantitative estimate of drug-likeness (QED) is 0.308. The average Bonchev–Trinajstić information content (AvgIpc) is 2.95. The summed E-state index contributed by atoms with van der Waals surface area (Å²) in [5, 5.41) is 0. The van der Waals surface area contributed by atoms with E-state index >= 15 is 4.39 Å². The predicted molar refractivity (Wildman–Crippen MR) is 61.9 cm³/mol. The Labute approximate surface area is 130 Å². The molecule has 1 fully saturated rings. The average molecular weight is 372 g/mol. The van der Waals surface area contributed by atoms with Crippen LogP contribution in [0.1, 0.15) is 13.3 Å². The Morgan fingerprint density at radius 1 is 0.958 bits per heavy atom. The third kappa shape index (κ3) is 2.19.